The van der Waals surface area contributed by atoms with E-state index in [1.54, 1.807) is 16.9 Å². The van der Waals surface area contributed by atoms with Gasteiger partial charge in [0, 0.05) is 17.8 Å². The summed E-state index contributed by atoms with van der Waals surface area (Å²) in [5.74, 6) is 5.61. The monoisotopic (exact) mass is 318 g/mol. The SMILES string of the molecule is COC(=O)NS(=O)(=O)NCc1ccc(C#CCCO)s1. The highest BCUT2D eigenvalue weighted by Gasteiger charge is 2.14. The Morgan fingerprint density at radius 1 is 1.50 bits per heavy atom. The lowest BCUT2D eigenvalue weighted by atomic mass is 10.4. The molecule has 20 heavy (non-hydrogen) atoms. The van der Waals surface area contributed by atoms with Crippen molar-refractivity contribution in [1.82, 2.24) is 9.44 Å². The molecule has 0 aliphatic rings. The number of amides is 1. The molecule has 0 spiro atoms. The third-order valence-corrected chi connectivity index (χ3v) is 3.91. The van der Waals surface area contributed by atoms with Crippen LogP contribution in [0.4, 0.5) is 4.79 Å². The summed E-state index contributed by atoms with van der Waals surface area (Å²) in [7, 11) is -2.87. The second kappa shape index (κ2) is 7.86. The summed E-state index contributed by atoms with van der Waals surface area (Å²) in [4.78, 5) is 12.3. The van der Waals surface area contributed by atoms with Crippen LogP contribution in [0.25, 0.3) is 0 Å². The summed E-state index contributed by atoms with van der Waals surface area (Å²) < 4.78 is 30.9. The molecule has 3 N–H and O–H groups in total. The van der Waals surface area contributed by atoms with Gasteiger partial charge in [0.2, 0.25) is 0 Å². The molecule has 110 valence electrons. The molecule has 0 unspecified atom stereocenters. The van der Waals surface area contributed by atoms with Crippen molar-refractivity contribution in [2.75, 3.05) is 13.7 Å². The van der Waals surface area contributed by atoms with Crippen molar-refractivity contribution in [3.63, 3.8) is 0 Å². The Balaban J connectivity index is 2.54. The van der Waals surface area contributed by atoms with Crippen LogP contribution in [0, 0.1) is 11.8 Å². The van der Waals surface area contributed by atoms with Gasteiger partial charge in [-0.2, -0.15) is 13.1 Å². The molecule has 1 rings (SSSR count). The van der Waals surface area contributed by atoms with E-state index >= 15 is 0 Å². The number of nitrogens with one attached hydrogen (secondary N) is 2. The minimum Gasteiger partial charge on any atom is -0.452 e. The third kappa shape index (κ3) is 6.03. The molecule has 7 nitrogen and oxygen atoms in total. The van der Waals surface area contributed by atoms with E-state index in [2.05, 4.69) is 21.3 Å². The Hall–Kier alpha value is -1.60. The third-order valence-electron chi connectivity index (χ3n) is 1.95. The highest BCUT2D eigenvalue weighted by molar-refractivity contribution is 7.88. The molecule has 1 aromatic rings. The molecule has 0 fully saturated rings. The number of hydrogen-bond donors (Lipinski definition) is 3. The lowest BCUT2D eigenvalue weighted by Gasteiger charge is -2.05. The molecule has 0 saturated heterocycles. The standard InChI is InChI=1S/C11H14N2O5S2/c1-18-11(15)13-20(16,17)12-8-10-6-5-9(19-10)4-2-3-7-14/h5-6,12,14H,3,7-8H2,1H3,(H,13,15). The zero-order valence-corrected chi connectivity index (χ0v) is 12.3. The molecule has 0 aliphatic carbocycles. The number of aliphatic hydroxyl groups excluding tert-OH is 1. The molecule has 0 aromatic carbocycles. The first kappa shape index (κ1) is 16.5. The molecule has 1 amide bonds. The number of aliphatic hydroxyl groups is 1. The molecular weight excluding hydrogens is 304 g/mol. The van der Waals surface area contributed by atoms with Crippen molar-refractivity contribution in [3.05, 3.63) is 21.9 Å². The fourth-order valence-corrected chi connectivity index (χ4v) is 2.73. The number of rotatable bonds is 5. The molecule has 0 saturated carbocycles. The van der Waals surface area contributed by atoms with Gasteiger partial charge in [0.05, 0.1) is 18.6 Å². The van der Waals surface area contributed by atoms with E-state index in [0.717, 1.165) is 16.9 Å². The van der Waals surface area contributed by atoms with Gasteiger partial charge in [-0.1, -0.05) is 11.8 Å². The Morgan fingerprint density at radius 2 is 2.25 bits per heavy atom. The van der Waals surface area contributed by atoms with E-state index in [1.807, 2.05) is 0 Å². The van der Waals surface area contributed by atoms with Gasteiger partial charge >= 0.3 is 16.3 Å². The average molecular weight is 318 g/mol. The van der Waals surface area contributed by atoms with E-state index in [9.17, 15) is 13.2 Å². The van der Waals surface area contributed by atoms with Gasteiger partial charge in [0.25, 0.3) is 0 Å². The number of hydrogen-bond acceptors (Lipinski definition) is 6. The van der Waals surface area contributed by atoms with Crippen molar-refractivity contribution in [2.24, 2.45) is 0 Å². The minimum atomic E-state index is -3.94. The summed E-state index contributed by atoms with van der Waals surface area (Å²) >= 11 is 1.32. The van der Waals surface area contributed by atoms with Crippen molar-refractivity contribution in [1.29, 1.82) is 0 Å². The molecule has 0 bridgehead atoms. The Morgan fingerprint density at radius 3 is 2.90 bits per heavy atom. The fraction of sp³-hybridized carbons (Fsp3) is 0.364. The first-order valence-corrected chi connectivity index (χ1v) is 7.80. The van der Waals surface area contributed by atoms with Gasteiger partial charge in [-0.05, 0) is 12.1 Å². The highest BCUT2D eigenvalue weighted by Crippen LogP contribution is 2.15. The van der Waals surface area contributed by atoms with E-state index in [0.29, 0.717) is 6.42 Å². The second-order valence-electron chi connectivity index (χ2n) is 3.46. The van der Waals surface area contributed by atoms with Crippen LogP contribution in [0.15, 0.2) is 12.1 Å². The molecule has 9 heteroatoms. The first-order valence-electron chi connectivity index (χ1n) is 5.50. The van der Waals surface area contributed by atoms with Crippen molar-refractivity contribution in [3.8, 4) is 11.8 Å². The lowest BCUT2D eigenvalue weighted by Crippen LogP contribution is -2.39. The van der Waals surface area contributed by atoms with Crippen molar-refractivity contribution >= 4 is 27.6 Å². The smallest absolute Gasteiger partial charge is 0.421 e. The maximum absolute atomic E-state index is 11.4. The van der Waals surface area contributed by atoms with E-state index < -0.39 is 16.3 Å². The number of carbonyl (C=O) groups is 1. The van der Waals surface area contributed by atoms with Crippen LogP contribution >= 0.6 is 11.3 Å². The van der Waals surface area contributed by atoms with Crippen molar-refractivity contribution < 1.29 is 23.1 Å². The van der Waals surface area contributed by atoms with Gasteiger partial charge in [0.15, 0.2) is 0 Å². The van der Waals surface area contributed by atoms with E-state index in [-0.39, 0.29) is 13.2 Å². The minimum absolute atomic E-state index is 0.00420. The van der Waals surface area contributed by atoms with Gasteiger partial charge in [0.1, 0.15) is 0 Å². The van der Waals surface area contributed by atoms with Crippen LogP contribution in [0.2, 0.25) is 0 Å². The van der Waals surface area contributed by atoms with Crippen molar-refractivity contribution in [2.45, 2.75) is 13.0 Å². The summed E-state index contributed by atoms with van der Waals surface area (Å²) in [6.07, 6.45) is -0.664. The molecule has 1 heterocycles. The van der Waals surface area contributed by atoms with Gasteiger partial charge in [-0.15, -0.1) is 11.3 Å². The first-order chi connectivity index (χ1) is 9.46. The number of thiophene rings is 1. The molecule has 0 atom stereocenters. The Labute approximate surface area is 121 Å². The maximum Gasteiger partial charge on any atom is 0.421 e. The van der Waals surface area contributed by atoms with Crippen LogP contribution in [-0.4, -0.2) is 33.3 Å². The topological polar surface area (TPSA) is 105 Å². The number of methoxy groups -OCH3 is 1. The molecule has 0 aliphatic heterocycles. The normalized spacial score (nSPS) is 10.5. The summed E-state index contributed by atoms with van der Waals surface area (Å²) in [6.45, 7) is 0.0445. The van der Waals surface area contributed by atoms with E-state index in [4.69, 9.17) is 5.11 Å². The van der Waals surface area contributed by atoms with E-state index in [1.165, 1.54) is 11.3 Å². The average Bonchev–Trinajstić information content (AvgIpc) is 2.84. The summed E-state index contributed by atoms with van der Waals surface area (Å²) in [6, 6.07) is 3.49. The molecular formula is C11H14N2O5S2. The van der Waals surface area contributed by atoms with Crippen LogP contribution in [0.3, 0.4) is 0 Å². The number of ether oxygens (including phenoxy) is 1. The Kier molecular flexibility index (Phi) is 6.47. The Bertz CT molecular complexity index is 612. The van der Waals surface area contributed by atoms with Gasteiger partial charge in [-0.25, -0.2) is 9.52 Å². The van der Waals surface area contributed by atoms with Crippen LogP contribution in [0.5, 0.6) is 0 Å². The zero-order valence-electron chi connectivity index (χ0n) is 10.7. The lowest BCUT2D eigenvalue weighted by molar-refractivity contribution is 0.177. The van der Waals surface area contributed by atoms with Crippen LogP contribution in [-0.2, 0) is 21.5 Å². The second-order valence-corrected chi connectivity index (χ2v) is 6.13. The predicted molar refractivity (Wildman–Crippen MR) is 74.2 cm³/mol. The maximum atomic E-state index is 11.4. The quantitative estimate of drug-likeness (QED) is 0.671. The predicted octanol–water partition coefficient (Wildman–Crippen LogP) is 0.172. The fourth-order valence-electron chi connectivity index (χ4n) is 1.10. The highest BCUT2D eigenvalue weighted by atomic mass is 32.2. The van der Waals surface area contributed by atoms with Gasteiger partial charge < -0.3 is 9.84 Å². The zero-order chi connectivity index (χ0) is 15.0. The van der Waals surface area contributed by atoms with Crippen LogP contribution in [0.1, 0.15) is 16.2 Å². The molecule has 0 radical (unpaired) electrons. The largest absolute Gasteiger partial charge is 0.452 e. The summed E-state index contributed by atoms with van der Waals surface area (Å²) in [5, 5.41) is 8.60. The van der Waals surface area contributed by atoms with Crippen LogP contribution < -0.4 is 9.44 Å². The summed E-state index contributed by atoms with van der Waals surface area (Å²) in [5.41, 5.74) is 0. The van der Waals surface area contributed by atoms with Gasteiger partial charge in [-0.3, -0.25) is 0 Å². The molecule has 1 aromatic heterocycles. The number of carbonyl (C=O) groups excluding carboxylic acids is 1.